The summed E-state index contributed by atoms with van der Waals surface area (Å²) in [6.07, 6.45) is 1.83. The minimum atomic E-state index is -0.176. The van der Waals surface area contributed by atoms with Crippen molar-refractivity contribution in [2.24, 2.45) is 0 Å². The molecule has 0 spiro atoms. The standard InChI is InChI=1S/C14H18N4O/c1-10(7-8-11-5-3-2-4-6-11)16-14(19)12-9-13(15)18-17-12/h2-6,9-10H,7-8H2,1H3,(H,16,19)(H3,15,17,18). The van der Waals surface area contributed by atoms with Crippen LogP contribution in [0, 0.1) is 0 Å². The molecule has 1 aromatic carbocycles. The third kappa shape index (κ3) is 3.84. The van der Waals surface area contributed by atoms with Crippen molar-refractivity contribution in [3.63, 3.8) is 0 Å². The number of anilines is 1. The molecule has 0 saturated heterocycles. The number of amides is 1. The van der Waals surface area contributed by atoms with E-state index in [1.807, 2.05) is 25.1 Å². The molecular weight excluding hydrogens is 240 g/mol. The highest BCUT2D eigenvalue weighted by Crippen LogP contribution is 2.06. The second-order valence-electron chi connectivity index (χ2n) is 4.61. The lowest BCUT2D eigenvalue weighted by molar-refractivity contribution is 0.0933. The van der Waals surface area contributed by atoms with E-state index >= 15 is 0 Å². The van der Waals surface area contributed by atoms with Crippen molar-refractivity contribution in [3.8, 4) is 0 Å². The van der Waals surface area contributed by atoms with Gasteiger partial charge in [-0.2, -0.15) is 5.10 Å². The van der Waals surface area contributed by atoms with E-state index in [1.54, 1.807) is 0 Å². The normalized spacial score (nSPS) is 12.1. The quantitative estimate of drug-likeness (QED) is 0.763. The Morgan fingerprint density at radius 3 is 2.79 bits per heavy atom. The van der Waals surface area contributed by atoms with Gasteiger partial charge in [0.1, 0.15) is 11.5 Å². The maximum atomic E-state index is 11.8. The second-order valence-corrected chi connectivity index (χ2v) is 4.61. The number of nitrogen functional groups attached to an aromatic ring is 1. The molecule has 2 aromatic rings. The molecule has 0 saturated carbocycles. The number of aromatic amines is 1. The van der Waals surface area contributed by atoms with Crippen LogP contribution in [0.25, 0.3) is 0 Å². The molecule has 1 unspecified atom stereocenters. The summed E-state index contributed by atoms with van der Waals surface area (Å²) in [4.78, 5) is 11.8. The molecule has 100 valence electrons. The van der Waals surface area contributed by atoms with Gasteiger partial charge in [-0.25, -0.2) is 0 Å². The Kier molecular flexibility index (Phi) is 4.18. The SMILES string of the molecule is CC(CCc1ccccc1)NC(=O)c1cc(N)n[nH]1. The zero-order valence-electron chi connectivity index (χ0n) is 10.9. The van der Waals surface area contributed by atoms with Crippen LogP contribution < -0.4 is 11.1 Å². The third-order valence-corrected chi connectivity index (χ3v) is 2.93. The Bertz CT molecular complexity index is 535. The Balaban J connectivity index is 1.81. The third-order valence-electron chi connectivity index (χ3n) is 2.93. The van der Waals surface area contributed by atoms with Crippen LogP contribution in [0.15, 0.2) is 36.4 Å². The molecule has 1 heterocycles. The summed E-state index contributed by atoms with van der Waals surface area (Å²) in [6.45, 7) is 1.99. The van der Waals surface area contributed by atoms with Crippen LogP contribution in [0.3, 0.4) is 0 Å². The number of H-pyrrole nitrogens is 1. The summed E-state index contributed by atoms with van der Waals surface area (Å²) in [5.41, 5.74) is 7.12. The van der Waals surface area contributed by atoms with Gasteiger partial charge >= 0.3 is 0 Å². The molecule has 0 aliphatic heterocycles. The molecule has 5 nitrogen and oxygen atoms in total. The first-order valence-corrected chi connectivity index (χ1v) is 6.31. The van der Waals surface area contributed by atoms with Gasteiger partial charge in [0.2, 0.25) is 0 Å². The molecular formula is C14H18N4O. The van der Waals surface area contributed by atoms with Crippen molar-refractivity contribution in [2.45, 2.75) is 25.8 Å². The number of hydrogen-bond acceptors (Lipinski definition) is 3. The highest BCUT2D eigenvalue weighted by molar-refractivity contribution is 5.93. The van der Waals surface area contributed by atoms with E-state index in [2.05, 4.69) is 27.6 Å². The van der Waals surface area contributed by atoms with E-state index in [9.17, 15) is 4.79 Å². The van der Waals surface area contributed by atoms with Gasteiger partial charge in [0.25, 0.3) is 5.91 Å². The van der Waals surface area contributed by atoms with Crippen molar-refractivity contribution < 1.29 is 4.79 Å². The predicted molar refractivity (Wildman–Crippen MR) is 74.7 cm³/mol. The summed E-state index contributed by atoms with van der Waals surface area (Å²) >= 11 is 0. The molecule has 5 heteroatoms. The van der Waals surface area contributed by atoms with Crippen LogP contribution >= 0.6 is 0 Å². The van der Waals surface area contributed by atoms with Gasteiger partial charge in [0.15, 0.2) is 0 Å². The fraction of sp³-hybridized carbons (Fsp3) is 0.286. The number of rotatable bonds is 5. The van der Waals surface area contributed by atoms with Gasteiger partial charge in [0, 0.05) is 12.1 Å². The zero-order valence-corrected chi connectivity index (χ0v) is 10.9. The lowest BCUT2D eigenvalue weighted by atomic mass is 10.1. The molecule has 0 bridgehead atoms. The molecule has 0 aliphatic carbocycles. The molecule has 0 aliphatic rings. The van der Waals surface area contributed by atoms with E-state index in [0.717, 1.165) is 12.8 Å². The number of nitrogens with one attached hydrogen (secondary N) is 2. The van der Waals surface area contributed by atoms with Gasteiger partial charge in [-0.15, -0.1) is 0 Å². The maximum absolute atomic E-state index is 11.8. The van der Waals surface area contributed by atoms with Gasteiger partial charge in [-0.3, -0.25) is 9.89 Å². The Morgan fingerprint density at radius 1 is 1.42 bits per heavy atom. The molecule has 0 radical (unpaired) electrons. The largest absolute Gasteiger partial charge is 0.382 e. The lowest BCUT2D eigenvalue weighted by Gasteiger charge is -2.13. The van der Waals surface area contributed by atoms with E-state index in [1.165, 1.54) is 11.6 Å². The summed E-state index contributed by atoms with van der Waals surface area (Å²) < 4.78 is 0. The number of carbonyl (C=O) groups excluding carboxylic acids is 1. The number of aryl methyl sites for hydroxylation is 1. The first kappa shape index (κ1) is 13.1. The van der Waals surface area contributed by atoms with Gasteiger partial charge in [-0.1, -0.05) is 30.3 Å². The van der Waals surface area contributed by atoms with E-state index in [4.69, 9.17) is 5.73 Å². The Hall–Kier alpha value is -2.30. The minimum Gasteiger partial charge on any atom is -0.382 e. The fourth-order valence-electron chi connectivity index (χ4n) is 1.86. The smallest absolute Gasteiger partial charge is 0.269 e. The van der Waals surface area contributed by atoms with Gasteiger partial charge < -0.3 is 11.1 Å². The first-order valence-electron chi connectivity index (χ1n) is 6.31. The average molecular weight is 258 g/mol. The summed E-state index contributed by atoms with van der Waals surface area (Å²) in [5, 5.41) is 9.24. The van der Waals surface area contributed by atoms with Gasteiger partial charge in [-0.05, 0) is 25.3 Å². The van der Waals surface area contributed by atoms with E-state index in [0.29, 0.717) is 11.5 Å². The Labute approximate surface area is 112 Å². The topological polar surface area (TPSA) is 83.8 Å². The minimum absolute atomic E-state index is 0.0947. The maximum Gasteiger partial charge on any atom is 0.269 e. The summed E-state index contributed by atoms with van der Waals surface area (Å²) in [7, 11) is 0. The first-order chi connectivity index (χ1) is 9.15. The van der Waals surface area contributed by atoms with Crippen LogP contribution in [0.1, 0.15) is 29.4 Å². The highest BCUT2D eigenvalue weighted by Gasteiger charge is 2.11. The molecule has 1 aromatic heterocycles. The zero-order chi connectivity index (χ0) is 13.7. The van der Waals surface area contributed by atoms with Crippen molar-refractivity contribution in [2.75, 3.05) is 5.73 Å². The number of nitrogens with two attached hydrogens (primary N) is 1. The van der Waals surface area contributed by atoms with Crippen molar-refractivity contribution in [1.29, 1.82) is 0 Å². The van der Waals surface area contributed by atoms with Crippen molar-refractivity contribution in [3.05, 3.63) is 47.7 Å². The summed E-state index contributed by atoms with van der Waals surface area (Å²) in [6, 6.07) is 11.8. The number of aromatic nitrogens is 2. The summed E-state index contributed by atoms with van der Waals surface area (Å²) in [5.74, 6) is 0.145. The van der Waals surface area contributed by atoms with Crippen LogP contribution in [-0.4, -0.2) is 22.1 Å². The number of hydrogen-bond donors (Lipinski definition) is 3. The number of benzene rings is 1. The number of carbonyl (C=O) groups is 1. The lowest BCUT2D eigenvalue weighted by Crippen LogP contribution is -2.33. The molecule has 1 atom stereocenters. The van der Waals surface area contributed by atoms with Crippen molar-refractivity contribution in [1.82, 2.24) is 15.5 Å². The monoisotopic (exact) mass is 258 g/mol. The molecule has 1 amide bonds. The highest BCUT2D eigenvalue weighted by atomic mass is 16.2. The molecule has 19 heavy (non-hydrogen) atoms. The van der Waals surface area contributed by atoms with Crippen LogP contribution in [-0.2, 0) is 6.42 Å². The Morgan fingerprint density at radius 2 is 2.16 bits per heavy atom. The van der Waals surface area contributed by atoms with Gasteiger partial charge in [0.05, 0.1) is 0 Å². The predicted octanol–water partition coefficient (Wildman–Crippen LogP) is 1.74. The second kappa shape index (κ2) is 6.04. The van der Waals surface area contributed by atoms with E-state index < -0.39 is 0 Å². The van der Waals surface area contributed by atoms with E-state index in [-0.39, 0.29) is 11.9 Å². The molecule has 4 N–H and O–H groups in total. The molecule has 2 rings (SSSR count). The van der Waals surface area contributed by atoms with Crippen LogP contribution in [0.4, 0.5) is 5.82 Å². The van der Waals surface area contributed by atoms with Crippen LogP contribution in [0.5, 0.6) is 0 Å². The van der Waals surface area contributed by atoms with Crippen molar-refractivity contribution >= 4 is 11.7 Å². The average Bonchev–Trinajstić information content (AvgIpc) is 2.84. The molecule has 0 fully saturated rings. The fourth-order valence-corrected chi connectivity index (χ4v) is 1.86. The number of nitrogens with zero attached hydrogens (tertiary/aromatic N) is 1. The van der Waals surface area contributed by atoms with Crippen LogP contribution in [0.2, 0.25) is 0 Å².